The molecule has 1 aromatic rings. The van der Waals surface area contributed by atoms with Crippen molar-refractivity contribution in [2.75, 3.05) is 0 Å². The molecule has 2 heteroatoms. The number of aliphatic hydroxyl groups is 1. The summed E-state index contributed by atoms with van der Waals surface area (Å²) in [4.78, 5) is 4.27. The summed E-state index contributed by atoms with van der Waals surface area (Å²) in [5.74, 6) is 0.537. The molecule has 14 heavy (non-hydrogen) atoms. The molecule has 0 fully saturated rings. The highest BCUT2D eigenvalue weighted by Crippen LogP contribution is 2.09. The van der Waals surface area contributed by atoms with Gasteiger partial charge < -0.3 is 5.11 Å². The smallest absolute Gasteiger partial charge is 0.0598 e. The standard InChI is InChI=1S/C12H19NO/c1-9(2)6-12(14)7-11-5-4-10(3)8-13-11/h4-5,8-9,12,14H,6-7H2,1-3H3. The molecule has 1 aromatic heterocycles. The zero-order valence-electron chi connectivity index (χ0n) is 9.20. The van der Waals surface area contributed by atoms with Crippen LogP contribution < -0.4 is 0 Å². The van der Waals surface area contributed by atoms with Crippen molar-refractivity contribution < 1.29 is 5.11 Å². The Labute approximate surface area is 86.0 Å². The molecule has 0 bridgehead atoms. The number of aliphatic hydroxyl groups excluding tert-OH is 1. The van der Waals surface area contributed by atoms with Crippen LogP contribution in [0, 0.1) is 12.8 Å². The van der Waals surface area contributed by atoms with Crippen LogP contribution in [0.5, 0.6) is 0 Å². The normalized spacial score (nSPS) is 13.2. The van der Waals surface area contributed by atoms with Crippen molar-refractivity contribution in [1.82, 2.24) is 4.98 Å². The molecule has 1 unspecified atom stereocenters. The zero-order chi connectivity index (χ0) is 10.6. The summed E-state index contributed by atoms with van der Waals surface area (Å²) in [7, 11) is 0. The van der Waals surface area contributed by atoms with E-state index in [9.17, 15) is 5.11 Å². The molecule has 0 aromatic carbocycles. The summed E-state index contributed by atoms with van der Waals surface area (Å²) in [5.41, 5.74) is 2.14. The van der Waals surface area contributed by atoms with E-state index in [1.54, 1.807) is 0 Å². The maximum absolute atomic E-state index is 9.70. The van der Waals surface area contributed by atoms with Gasteiger partial charge in [-0.2, -0.15) is 0 Å². The SMILES string of the molecule is Cc1ccc(CC(O)CC(C)C)nc1. The Hall–Kier alpha value is -0.890. The minimum absolute atomic E-state index is 0.259. The van der Waals surface area contributed by atoms with Crippen molar-refractivity contribution in [3.63, 3.8) is 0 Å². The Bertz CT molecular complexity index is 266. The second-order valence-electron chi connectivity index (χ2n) is 4.31. The van der Waals surface area contributed by atoms with Gasteiger partial charge in [0, 0.05) is 18.3 Å². The lowest BCUT2D eigenvalue weighted by molar-refractivity contribution is 0.148. The maximum Gasteiger partial charge on any atom is 0.0598 e. The van der Waals surface area contributed by atoms with Crippen molar-refractivity contribution in [3.8, 4) is 0 Å². The predicted molar refractivity (Wildman–Crippen MR) is 58.1 cm³/mol. The van der Waals surface area contributed by atoms with Crippen LogP contribution in [-0.4, -0.2) is 16.2 Å². The van der Waals surface area contributed by atoms with E-state index in [1.807, 2.05) is 25.3 Å². The minimum Gasteiger partial charge on any atom is -0.393 e. The quantitative estimate of drug-likeness (QED) is 0.796. The number of aryl methyl sites for hydroxylation is 1. The highest BCUT2D eigenvalue weighted by atomic mass is 16.3. The molecular weight excluding hydrogens is 174 g/mol. The van der Waals surface area contributed by atoms with Gasteiger partial charge in [-0.1, -0.05) is 19.9 Å². The van der Waals surface area contributed by atoms with Gasteiger partial charge >= 0.3 is 0 Å². The van der Waals surface area contributed by atoms with Crippen molar-refractivity contribution in [3.05, 3.63) is 29.6 Å². The average Bonchev–Trinajstić information content (AvgIpc) is 2.07. The third-order valence-corrected chi connectivity index (χ3v) is 2.16. The van der Waals surface area contributed by atoms with E-state index < -0.39 is 0 Å². The molecule has 0 amide bonds. The van der Waals surface area contributed by atoms with E-state index in [1.165, 1.54) is 0 Å². The molecular formula is C12H19NO. The lowest BCUT2D eigenvalue weighted by atomic mass is 10.0. The second kappa shape index (κ2) is 5.11. The molecule has 1 N–H and O–H groups in total. The third kappa shape index (κ3) is 3.88. The van der Waals surface area contributed by atoms with E-state index >= 15 is 0 Å². The summed E-state index contributed by atoms with van der Waals surface area (Å²) in [5, 5.41) is 9.70. The van der Waals surface area contributed by atoms with Crippen molar-refractivity contribution in [2.24, 2.45) is 5.92 Å². The fraction of sp³-hybridized carbons (Fsp3) is 0.583. The Morgan fingerprint density at radius 3 is 2.57 bits per heavy atom. The molecule has 0 aliphatic heterocycles. The van der Waals surface area contributed by atoms with Crippen LogP contribution in [0.4, 0.5) is 0 Å². The van der Waals surface area contributed by atoms with Crippen LogP contribution in [0.1, 0.15) is 31.5 Å². The number of aromatic nitrogens is 1. The molecule has 0 aliphatic rings. The molecule has 1 rings (SSSR count). The molecule has 0 spiro atoms. The maximum atomic E-state index is 9.70. The van der Waals surface area contributed by atoms with E-state index in [-0.39, 0.29) is 6.10 Å². The first kappa shape index (κ1) is 11.2. The first-order chi connectivity index (χ1) is 6.58. The highest BCUT2D eigenvalue weighted by molar-refractivity contribution is 5.12. The number of hydrogen-bond donors (Lipinski definition) is 1. The van der Waals surface area contributed by atoms with E-state index in [4.69, 9.17) is 0 Å². The fourth-order valence-electron chi connectivity index (χ4n) is 1.49. The molecule has 0 saturated carbocycles. The summed E-state index contributed by atoms with van der Waals surface area (Å²) in [6, 6.07) is 4.02. The Kier molecular flexibility index (Phi) is 4.08. The summed E-state index contributed by atoms with van der Waals surface area (Å²) in [6.07, 6.45) is 3.09. The van der Waals surface area contributed by atoms with E-state index in [0.717, 1.165) is 17.7 Å². The molecule has 2 nitrogen and oxygen atoms in total. The topological polar surface area (TPSA) is 33.1 Å². The lowest BCUT2D eigenvalue weighted by Crippen LogP contribution is -2.14. The molecule has 1 atom stereocenters. The largest absolute Gasteiger partial charge is 0.393 e. The van der Waals surface area contributed by atoms with Gasteiger partial charge in [-0.3, -0.25) is 4.98 Å². The van der Waals surface area contributed by atoms with Gasteiger partial charge in [0.15, 0.2) is 0 Å². The predicted octanol–water partition coefficient (Wildman–Crippen LogP) is 2.34. The van der Waals surface area contributed by atoms with Crippen molar-refractivity contribution >= 4 is 0 Å². The molecule has 0 radical (unpaired) electrons. The molecule has 0 aliphatic carbocycles. The van der Waals surface area contributed by atoms with Gasteiger partial charge in [0.25, 0.3) is 0 Å². The van der Waals surface area contributed by atoms with Gasteiger partial charge in [0.05, 0.1) is 6.10 Å². The number of nitrogens with zero attached hydrogens (tertiary/aromatic N) is 1. The van der Waals surface area contributed by atoms with Crippen LogP contribution in [0.15, 0.2) is 18.3 Å². The lowest BCUT2D eigenvalue weighted by Gasteiger charge is -2.12. The summed E-state index contributed by atoms with van der Waals surface area (Å²) < 4.78 is 0. The van der Waals surface area contributed by atoms with Gasteiger partial charge in [-0.25, -0.2) is 0 Å². The van der Waals surface area contributed by atoms with Crippen molar-refractivity contribution in [2.45, 2.75) is 39.7 Å². The second-order valence-corrected chi connectivity index (χ2v) is 4.31. The Balaban J connectivity index is 2.47. The van der Waals surface area contributed by atoms with Crippen molar-refractivity contribution in [1.29, 1.82) is 0 Å². The monoisotopic (exact) mass is 193 g/mol. The molecule has 0 saturated heterocycles. The fourth-order valence-corrected chi connectivity index (χ4v) is 1.49. The first-order valence-electron chi connectivity index (χ1n) is 5.17. The highest BCUT2D eigenvalue weighted by Gasteiger charge is 2.08. The number of pyridine rings is 1. The van der Waals surface area contributed by atoms with Gasteiger partial charge in [-0.15, -0.1) is 0 Å². The zero-order valence-corrected chi connectivity index (χ0v) is 9.20. The number of rotatable bonds is 4. The van der Waals surface area contributed by atoms with Gasteiger partial charge in [-0.05, 0) is 30.9 Å². The molecule has 78 valence electrons. The van der Waals surface area contributed by atoms with Crippen LogP contribution in [0.3, 0.4) is 0 Å². The van der Waals surface area contributed by atoms with Crippen LogP contribution in [-0.2, 0) is 6.42 Å². The third-order valence-electron chi connectivity index (χ3n) is 2.16. The van der Waals surface area contributed by atoms with Crippen LogP contribution in [0.2, 0.25) is 0 Å². The summed E-state index contributed by atoms with van der Waals surface area (Å²) in [6.45, 7) is 6.25. The number of hydrogen-bond acceptors (Lipinski definition) is 2. The van der Waals surface area contributed by atoms with Gasteiger partial charge in [0.1, 0.15) is 0 Å². The van der Waals surface area contributed by atoms with Crippen LogP contribution >= 0.6 is 0 Å². The Morgan fingerprint density at radius 2 is 2.07 bits per heavy atom. The van der Waals surface area contributed by atoms with Gasteiger partial charge in [0.2, 0.25) is 0 Å². The van der Waals surface area contributed by atoms with E-state index in [0.29, 0.717) is 12.3 Å². The van der Waals surface area contributed by atoms with Crippen LogP contribution in [0.25, 0.3) is 0 Å². The Morgan fingerprint density at radius 1 is 1.36 bits per heavy atom. The van der Waals surface area contributed by atoms with E-state index in [2.05, 4.69) is 18.8 Å². The first-order valence-corrected chi connectivity index (χ1v) is 5.17. The average molecular weight is 193 g/mol. The summed E-state index contributed by atoms with van der Waals surface area (Å²) >= 11 is 0. The minimum atomic E-state index is -0.259. The molecule has 1 heterocycles.